The van der Waals surface area contributed by atoms with Gasteiger partial charge in [-0.25, -0.2) is 9.18 Å². The maximum Gasteiger partial charge on any atom is 0.344 e. The number of hydrogen-bond acceptors (Lipinski definition) is 4. The van der Waals surface area contributed by atoms with Crippen LogP contribution in [0.25, 0.3) is 0 Å². The number of ether oxygens (including phenoxy) is 2. The van der Waals surface area contributed by atoms with E-state index in [-0.39, 0.29) is 6.61 Å². The zero-order valence-corrected chi connectivity index (χ0v) is 13.5. The largest absolute Gasteiger partial charge is 0.482 e. The van der Waals surface area contributed by atoms with Crippen molar-refractivity contribution in [3.63, 3.8) is 0 Å². The third kappa shape index (κ3) is 5.55. The van der Waals surface area contributed by atoms with Crippen LogP contribution in [0.15, 0.2) is 48.5 Å². The Morgan fingerprint density at radius 2 is 1.92 bits per heavy atom. The standard InChI is InChI=1S/C17H15ClFNO4/c1-11(17(22)20-14-7-5-13(19)6-8-14)24-16(21)10-23-15-4-2-3-12(18)9-15/h2-9,11H,10H2,1H3,(H,20,22). The number of benzene rings is 2. The minimum absolute atomic E-state index is 0.353. The van der Waals surface area contributed by atoms with Gasteiger partial charge < -0.3 is 14.8 Å². The summed E-state index contributed by atoms with van der Waals surface area (Å²) in [5, 5.41) is 2.99. The summed E-state index contributed by atoms with van der Waals surface area (Å²) in [5.41, 5.74) is 0.402. The number of carbonyl (C=O) groups is 2. The molecule has 0 aliphatic carbocycles. The summed E-state index contributed by atoms with van der Waals surface area (Å²) in [4.78, 5) is 23.6. The Kier molecular flexibility index (Phi) is 6.14. The van der Waals surface area contributed by atoms with Crippen molar-refractivity contribution in [3.8, 4) is 5.75 Å². The second-order valence-corrected chi connectivity index (χ2v) is 5.31. The molecule has 0 aromatic heterocycles. The van der Waals surface area contributed by atoms with Crippen LogP contribution in [0.4, 0.5) is 10.1 Å². The molecule has 0 saturated heterocycles. The summed E-state index contributed by atoms with van der Waals surface area (Å²) in [7, 11) is 0. The zero-order chi connectivity index (χ0) is 17.5. The van der Waals surface area contributed by atoms with Crippen LogP contribution in [0.2, 0.25) is 5.02 Å². The van der Waals surface area contributed by atoms with E-state index in [4.69, 9.17) is 21.1 Å². The molecule has 2 rings (SSSR count). The van der Waals surface area contributed by atoms with Crippen LogP contribution in [0.3, 0.4) is 0 Å². The molecule has 1 atom stereocenters. The highest BCUT2D eigenvalue weighted by Gasteiger charge is 2.18. The Labute approximate surface area is 143 Å². The first-order valence-electron chi connectivity index (χ1n) is 7.08. The fourth-order valence-electron chi connectivity index (χ4n) is 1.76. The molecule has 126 valence electrons. The Balaban J connectivity index is 1.80. The predicted octanol–water partition coefficient (Wildman–Crippen LogP) is 3.43. The molecular formula is C17H15ClFNO4. The van der Waals surface area contributed by atoms with Crippen molar-refractivity contribution >= 4 is 29.2 Å². The SMILES string of the molecule is CC(OC(=O)COc1cccc(Cl)c1)C(=O)Nc1ccc(F)cc1. The molecule has 0 spiro atoms. The smallest absolute Gasteiger partial charge is 0.344 e. The molecule has 1 N–H and O–H groups in total. The number of hydrogen-bond donors (Lipinski definition) is 1. The van der Waals surface area contributed by atoms with Crippen molar-refractivity contribution in [1.82, 2.24) is 0 Å². The van der Waals surface area contributed by atoms with Crippen LogP contribution >= 0.6 is 11.6 Å². The third-order valence-electron chi connectivity index (χ3n) is 2.94. The first kappa shape index (κ1) is 17.7. The molecule has 0 aliphatic rings. The quantitative estimate of drug-likeness (QED) is 0.810. The number of anilines is 1. The van der Waals surface area contributed by atoms with Gasteiger partial charge in [-0.2, -0.15) is 0 Å². The van der Waals surface area contributed by atoms with Crippen molar-refractivity contribution < 1.29 is 23.5 Å². The van der Waals surface area contributed by atoms with Crippen LogP contribution in [-0.4, -0.2) is 24.6 Å². The lowest BCUT2D eigenvalue weighted by Gasteiger charge is -2.14. The lowest BCUT2D eigenvalue weighted by Crippen LogP contribution is -2.31. The van der Waals surface area contributed by atoms with Crippen molar-refractivity contribution in [2.45, 2.75) is 13.0 Å². The van der Waals surface area contributed by atoms with Gasteiger partial charge >= 0.3 is 5.97 Å². The van der Waals surface area contributed by atoms with Crippen LogP contribution in [0, 0.1) is 5.82 Å². The summed E-state index contributed by atoms with van der Waals surface area (Å²) < 4.78 is 23.0. The summed E-state index contributed by atoms with van der Waals surface area (Å²) in [6.45, 7) is 1.07. The van der Waals surface area contributed by atoms with Gasteiger partial charge in [-0.15, -0.1) is 0 Å². The van der Waals surface area contributed by atoms with Crippen LogP contribution < -0.4 is 10.1 Å². The minimum atomic E-state index is -1.02. The molecule has 0 bridgehead atoms. The first-order chi connectivity index (χ1) is 11.4. The molecule has 1 amide bonds. The van der Waals surface area contributed by atoms with E-state index in [0.717, 1.165) is 0 Å². The molecule has 0 saturated carbocycles. The first-order valence-corrected chi connectivity index (χ1v) is 7.46. The van der Waals surface area contributed by atoms with Gasteiger partial charge in [0.2, 0.25) is 0 Å². The molecule has 2 aromatic rings. The van der Waals surface area contributed by atoms with Gasteiger partial charge in [-0.1, -0.05) is 17.7 Å². The second kappa shape index (κ2) is 8.31. The van der Waals surface area contributed by atoms with E-state index >= 15 is 0 Å². The van der Waals surface area contributed by atoms with Crippen molar-refractivity contribution in [2.24, 2.45) is 0 Å². The highest BCUT2D eigenvalue weighted by atomic mass is 35.5. The topological polar surface area (TPSA) is 64.6 Å². The monoisotopic (exact) mass is 351 g/mol. The van der Waals surface area contributed by atoms with E-state index in [1.807, 2.05) is 0 Å². The number of esters is 1. The molecule has 7 heteroatoms. The summed E-state index contributed by atoms with van der Waals surface area (Å²) in [6, 6.07) is 11.8. The molecule has 5 nitrogen and oxygen atoms in total. The van der Waals surface area contributed by atoms with Gasteiger partial charge in [-0.3, -0.25) is 4.79 Å². The predicted molar refractivity (Wildman–Crippen MR) is 87.5 cm³/mol. The fraction of sp³-hybridized carbons (Fsp3) is 0.176. The number of halogens is 2. The van der Waals surface area contributed by atoms with E-state index < -0.39 is 23.8 Å². The normalized spacial score (nSPS) is 11.5. The average Bonchev–Trinajstić information content (AvgIpc) is 2.55. The maximum absolute atomic E-state index is 12.8. The average molecular weight is 352 g/mol. The molecule has 2 aromatic carbocycles. The molecular weight excluding hydrogens is 337 g/mol. The Hall–Kier alpha value is -2.60. The van der Waals surface area contributed by atoms with Crippen molar-refractivity contribution in [2.75, 3.05) is 11.9 Å². The second-order valence-electron chi connectivity index (χ2n) is 4.87. The third-order valence-corrected chi connectivity index (χ3v) is 3.18. The van der Waals surface area contributed by atoms with Gasteiger partial charge in [0, 0.05) is 10.7 Å². The summed E-state index contributed by atoms with van der Waals surface area (Å²) >= 11 is 5.80. The molecule has 0 aliphatic heterocycles. The highest BCUT2D eigenvalue weighted by Crippen LogP contribution is 2.17. The number of nitrogens with one attached hydrogen (secondary N) is 1. The van der Waals surface area contributed by atoms with Gasteiger partial charge in [-0.05, 0) is 49.4 Å². The van der Waals surface area contributed by atoms with E-state index in [0.29, 0.717) is 16.5 Å². The lowest BCUT2D eigenvalue weighted by molar-refractivity contribution is -0.155. The van der Waals surface area contributed by atoms with Gasteiger partial charge in [0.15, 0.2) is 12.7 Å². The van der Waals surface area contributed by atoms with E-state index in [9.17, 15) is 14.0 Å². The highest BCUT2D eigenvalue weighted by molar-refractivity contribution is 6.30. The molecule has 1 unspecified atom stereocenters. The summed E-state index contributed by atoms with van der Waals surface area (Å²) in [6.07, 6.45) is -1.02. The van der Waals surface area contributed by atoms with Gasteiger partial charge in [0.25, 0.3) is 5.91 Å². The minimum Gasteiger partial charge on any atom is -0.482 e. The number of rotatable bonds is 6. The van der Waals surface area contributed by atoms with Crippen molar-refractivity contribution in [3.05, 3.63) is 59.4 Å². The fourth-order valence-corrected chi connectivity index (χ4v) is 1.94. The van der Waals surface area contributed by atoms with E-state index in [1.54, 1.807) is 24.3 Å². The molecule has 0 fully saturated rings. The zero-order valence-electron chi connectivity index (χ0n) is 12.8. The van der Waals surface area contributed by atoms with E-state index in [2.05, 4.69) is 5.32 Å². The number of amides is 1. The molecule has 0 radical (unpaired) electrons. The lowest BCUT2D eigenvalue weighted by atomic mass is 10.3. The molecule has 24 heavy (non-hydrogen) atoms. The maximum atomic E-state index is 12.8. The summed E-state index contributed by atoms with van der Waals surface area (Å²) in [5.74, 6) is -1.22. The van der Waals surface area contributed by atoms with Crippen LogP contribution in [0.5, 0.6) is 5.75 Å². The van der Waals surface area contributed by atoms with Gasteiger partial charge in [0.1, 0.15) is 11.6 Å². The van der Waals surface area contributed by atoms with Crippen LogP contribution in [0.1, 0.15) is 6.92 Å². The number of carbonyl (C=O) groups excluding carboxylic acids is 2. The van der Waals surface area contributed by atoms with Crippen LogP contribution in [-0.2, 0) is 14.3 Å². The Morgan fingerprint density at radius 3 is 2.58 bits per heavy atom. The van der Waals surface area contributed by atoms with Crippen molar-refractivity contribution in [1.29, 1.82) is 0 Å². The van der Waals surface area contributed by atoms with Gasteiger partial charge in [0.05, 0.1) is 0 Å². The Bertz CT molecular complexity index is 721. The molecule has 0 heterocycles. The van der Waals surface area contributed by atoms with E-state index in [1.165, 1.54) is 31.2 Å². The Morgan fingerprint density at radius 1 is 1.21 bits per heavy atom.